The van der Waals surface area contributed by atoms with Crippen LogP contribution in [0, 0.1) is 5.92 Å². The lowest BCUT2D eigenvalue weighted by atomic mass is 9.97. The molecule has 7 heteroatoms. The second kappa shape index (κ2) is 5.90. The zero-order valence-corrected chi connectivity index (χ0v) is 12.1. The Labute approximate surface area is 113 Å². The van der Waals surface area contributed by atoms with E-state index >= 15 is 0 Å². The first-order valence-electron chi connectivity index (χ1n) is 6.33. The van der Waals surface area contributed by atoms with E-state index in [2.05, 4.69) is 5.32 Å². The third-order valence-corrected chi connectivity index (χ3v) is 5.08. The smallest absolute Gasteiger partial charge is 0.303 e. The van der Waals surface area contributed by atoms with E-state index in [1.807, 2.05) is 0 Å². The molecule has 6 nitrogen and oxygen atoms in total. The molecule has 1 amide bonds. The summed E-state index contributed by atoms with van der Waals surface area (Å²) in [5, 5.41) is 11.4. The zero-order valence-electron chi connectivity index (χ0n) is 11.3. The third-order valence-electron chi connectivity index (χ3n) is 3.24. The highest BCUT2D eigenvalue weighted by atomic mass is 32.2. The molecule has 0 spiro atoms. The fraction of sp³-hybridized carbons (Fsp3) is 0.833. The van der Waals surface area contributed by atoms with E-state index < -0.39 is 21.3 Å². The number of aliphatic carboxylic acids is 1. The first kappa shape index (κ1) is 15.9. The summed E-state index contributed by atoms with van der Waals surface area (Å²) in [6.07, 6.45) is 1.06. The molecule has 110 valence electrons. The summed E-state index contributed by atoms with van der Waals surface area (Å²) in [4.78, 5) is 22.3. The van der Waals surface area contributed by atoms with Crippen LogP contribution in [0.4, 0.5) is 0 Å². The van der Waals surface area contributed by atoms with E-state index in [-0.39, 0.29) is 36.2 Å². The molecule has 1 fully saturated rings. The van der Waals surface area contributed by atoms with Crippen LogP contribution in [0.3, 0.4) is 0 Å². The molecule has 1 aliphatic rings. The molecule has 0 radical (unpaired) electrons. The van der Waals surface area contributed by atoms with Gasteiger partial charge in [0.25, 0.3) is 0 Å². The second-order valence-electron chi connectivity index (χ2n) is 5.80. The Hall–Kier alpha value is -1.11. The van der Waals surface area contributed by atoms with E-state index in [4.69, 9.17) is 5.11 Å². The number of amides is 1. The lowest BCUT2D eigenvalue weighted by molar-refractivity contribution is -0.137. The molecule has 0 aromatic carbocycles. The van der Waals surface area contributed by atoms with Gasteiger partial charge in [0.05, 0.1) is 11.5 Å². The van der Waals surface area contributed by atoms with Crippen LogP contribution in [0.1, 0.15) is 39.5 Å². The summed E-state index contributed by atoms with van der Waals surface area (Å²) in [6.45, 7) is 3.53. The van der Waals surface area contributed by atoms with Gasteiger partial charge in [-0.1, -0.05) is 0 Å². The number of carboxylic acid groups (broad SMARTS) is 1. The van der Waals surface area contributed by atoms with Crippen molar-refractivity contribution in [2.45, 2.75) is 45.1 Å². The first-order valence-corrected chi connectivity index (χ1v) is 8.15. The normalized spacial score (nSPS) is 22.1. The van der Waals surface area contributed by atoms with Crippen molar-refractivity contribution in [1.82, 2.24) is 5.32 Å². The molecule has 0 saturated carbocycles. The Morgan fingerprint density at radius 2 is 2.00 bits per heavy atom. The molecule has 19 heavy (non-hydrogen) atoms. The van der Waals surface area contributed by atoms with E-state index in [1.54, 1.807) is 13.8 Å². The number of hydrogen-bond donors (Lipinski definition) is 2. The lowest BCUT2D eigenvalue weighted by Gasteiger charge is -2.26. The van der Waals surface area contributed by atoms with Crippen molar-refractivity contribution in [3.05, 3.63) is 0 Å². The number of carbonyl (C=O) groups is 2. The van der Waals surface area contributed by atoms with Crippen LogP contribution in [0.15, 0.2) is 0 Å². The summed E-state index contributed by atoms with van der Waals surface area (Å²) >= 11 is 0. The van der Waals surface area contributed by atoms with Gasteiger partial charge in [0.1, 0.15) is 0 Å². The second-order valence-corrected chi connectivity index (χ2v) is 8.03. The van der Waals surface area contributed by atoms with Crippen LogP contribution in [-0.4, -0.2) is 42.4 Å². The van der Waals surface area contributed by atoms with Gasteiger partial charge in [-0.3, -0.25) is 9.59 Å². The Balaban J connectivity index is 2.40. The predicted octanol–water partition coefficient (Wildman–Crippen LogP) is 0.571. The van der Waals surface area contributed by atoms with Gasteiger partial charge in [0.2, 0.25) is 5.91 Å². The largest absolute Gasteiger partial charge is 0.481 e. The van der Waals surface area contributed by atoms with Crippen LogP contribution in [0.25, 0.3) is 0 Å². The molecule has 1 heterocycles. The van der Waals surface area contributed by atoms with Crippen molar-refractivity contribution in [3.63, 3.8) is 0 Å². The molecule has 1 saturated heterocycles. The van der Waals surface area contributed by atoms with Crippen LogP contribution in [-0.2, 0) is 19.4 Å². The van der Waals surface area contributed by atoms with Crippen molar-refractivity contribution in [3.8, 4) is 0 Å². The molecule has 0 bridgehead atoms. The van der Waals surface area contributed by atoms with E-state index in [9.17, 15) is 18.0 Å². The minimum atomic E-state index is -2.96. The molecule has 0 aromatic rings. The van der Waals surface area contributed by atoms with Crippen LogP contribution in [0.2, 0.25) is 0 Å². The minimum Gasteiger partial charge on any atom is -0.481 e. The number of carboxylic acids is 1. The summed E-state index contributed by atoms with van der Waals surface area (Å²) in [7, 11) is -2.96. The molecule has 2 N–H and O–H groups in total. The lowest BCUT2D eigenvalue weighted by Crippen LogP contribution is -2.44. The maximum atomic E-state index is 11.8. The number of sulfone groups is 1. The van der Waals surface area contributed by atoms with Gasteiger partial charge < -0.3 is 10.4 Å². The van der Waals surface area contributed by atoms with Gasteiger partial charge in [0, 0.05) is 18.4 Å². The maximum Gasteiger partial charge on any atom is 0.303 e. The SMILES string of the molecule is CC(C)(CCC(=O)O)NC(=O)CC1CCS(=O)(=O)C1. The van der Waals surface area contributed by atoms with Gasteiger partial charge >= 0.3 is 5.97 Å². The topological polar surface area (TPSA) is 101 Å². The number of nitrogens with one attached hydrogen (secondary N) is 1. The molecule has 1 unspecified atom stereocenters. The summed E-state index contributed by atoms with van der Waals surface area (Å²) < 4.78 is 22.6. The number of rotatable bonds is 6. The van der Waals surface area contributed by atoms with Crippen LogP contribution in [0.5, 0.6) is 0 Å². The number of carbonyl (C=O) groups excluding carboxylic acids is 1. The maximum absolute atomic E-state index is 11.8. The van der Waals surface area contributed by atoms with Gasteiger partial charge in [-0.25, -0.2) is 8.42 Å². The van der Waals surface area contributed by atoms with Crippen molar-refractivity contribution < 1.29 is 23.1 Å². The van der Waals surface area contributed by atoms with Crippen molar-refractivity contribution in [2.24, 2.45) is 5.92 Å². The first-order chi connectivity index (χ1) is 8.60. The molecular formula is C12H21NO5S. The highest BCUT2D eigenvalue weighted by Crippen LogP contribution is 2.22. The predicted molar refractivity (Wildman–Crippen MR) is 70.5 cm³/mol. The Morgan fingerprint density at radius 1 is 1.37 bits per heavy atom. The Bertz CT molecular complexity index is 455. The van der Waals surface area contributed by atoms with Crippen LogP contribution >= 0.6 is 0 Å². The quantitative estimate of drug-likeness (QED) is 0.745. The fourth-order valence-electron chi connectivity index (χ4n) is 2.21. The molecule has 0 aliphatic carbocycles. The van der Waals surface area contributed by atoms with Gasteiger partial charge in [-0.05, 0) is 32.6 Å². The molecule has 0 aromatic heterocycles. The monoisotopic (exact) mass is 291 g/mol. The van der Waals surface area contributed by atoms with Crippen LogP contribution < -0.4 is 5.32 Å². The standard InChI is InChI=1S/C12H21NO5S/c1-12(2,5-3-11(15)16)13-10(14)7-9-4-6-19(17,18)8-9/h9H,3-8H2,1-2H3,(H,13,14)(H,15,16). The average molecular weight is 291 g/mol. The van der Waals surface area contributed by atoms with Gasteiger partial charge in [0.15, 0.2) is 9.84 Å². The molecule has 1 aliphatic heterocycles. The summed E-state index contributed by atoms with van der Waals surface area (Å²) in [6, 6.07) is 0. The van der Waals surface area contributed by atoms with E-state index in [1.165, 1.54) is 0 Å². The fourth-order valence-corrected chi connectivity index (χ4v) is 4.07. The van der Waals surface area contributed by atoms with Crippen molar-refractivity contribution >= 4 is 21.7 Å². The highest BCUT2D eigenvalue weighted by molar-refractivity contribution is 7.91. The zero-order chi connectivity index (χ0) is 14.7. The molecule has 1 atom stereocenters. The summed E-state index contributed by atoms with van der Waals surface area (Å²) in [5.74, 6) is -0.981. The minimum absolute atomic E-state index is 0.00884. The third kappa shape index (κ3) is 6.04. The Morgan fingerprint density at radius 3 is 2.47 bits per heavy atom. The Kier molecular flexibility index (Phi) is 4.95. The van der Waals surface area contributed by atoms with Gasteiger partial charge in [-0.15, -0.1) is 0 Å². The number of hydrogen-bond acceptors (Lipinski definition) is 4. The summed E-state index contributed by atoms with van der Waals surface area (Å²) in [5.41, 5.74) is -0.590. The molecule has 1 rings (SSSR count). The van der Waals surface area contributed by atoms with E-state index in [0.717, 1.165) is 0 Å². The van der Waals surface area contributed by atoms with Gasteiger partial charge in [-0.2, -0.15) is 0 Å². The van der Waals surface area contributed by atoms with E-state index in [0.29, 0.717) is 12.8 Å². The van der Waals surface area contributed by atoms with Crippen molar-refractivity contribution in [1.29, 1.82) is 0 Å². The van der Waals surface area contributed by atoms with Crippen molar-refractivity contribution in [2.75, 3.05) is 11.5 Å². The average Bonchev–Trinajstić information content (AvgIpc) is 2.54. The highest BCUT2D eigenvalue weighted by Gasteiger charge is 2.30. The molecular weight excluding hydrogens is 270 g/mol.